The largest absolute Gasteiger partial charge is 0.256 e. The predicted molar refractivity (Wildman–Crippen MR) is 258 cm³/mol. The number of rotatable bonds is 6. The molecular weight excluding hydrogens is 773 g/mol. The van der Waals surface area contributed by atoms with Crippen molar-refractivity contribution in [2.24, 2.45) is 0 Å². The lowest BCUT2D eigenvalue weighted by Crippen LogP contribution is -2.14. The zero-order valence-electron chi connectivity index (χ0n) is 34.2. The third kappa shape index (κ3) is 5.96. The summed E-state index contributed by atoms with van der Waals surface area (Å²) < 4.78 is 2.55. The third-order valence-electron chi connectivity index (χ3n) is 12.6. The molecule has 0 fully saturated rings. The monoisotopic (exact) mass is 810 g/mol. The summed E-state index contributed by atoms with van der Waals surface area (Å²) in [5, 5.41) is 3.65. The second kappa shape index (κ2) is 14.3. The molecule has 0 radical (unpaired) electrons. The minimum absolute atomic E-state index is 0.166. The van der Waals surface area contributed by atoms with Crippen molar-refractivity contribution in [3.8, 4) is 78.7 Å². The minimum Gasteiger partial charge on any atom is -0.256 e. The highest BCUT2D eigenvalue weighted by Crippen LogP contribution is 2.52. The normalized spacial score (nSPS) is 12.8. The zero-order valence-corrected chi connectivity index (χ0v) is 35.0. The van der Waals surface area contributed by atoms with Crippen molar-refractivity contribution in [3.05, 3.63) is 205 Å². The fourth-order valence-electron chi connectivity index (χ4n) is 9.49. The van der Waals surface area contributed by atoms with Gasteiger partial charge in [0.05, 0.1) is 5.52 Å². The van der Waals surface area contributed by atoms with Gasteiger partial charge in [0.1, 0.15) is 0 Å². The maximum atomic E-state index is 5.44. The molecule has 0 atom stereocenters. The molecule has 8 aromatic carbocycles. The van der Waals surface area contributed by atoms with Crippen LogP contribution in [-0.4, -0.2) is 19.9 Å². The molecule has 5 heteroatoms. The molecule has 62 heavy (non-hydrogen) atoms. The Hall–Kier alpha value is -7.60. The highest BCUT2D eigenvalue weighted by Gasteiger charge is 2.37. The minimum atomic E-state index is -0.166. The molecule has 0 unspecified atom stereocenters. The first-order valence-electron chi connectivity index (χ1n) is 21.0. The number of benzene rings is 8. The van der Waals surface area contributed by atoms with Crippen molar-refractivity contribution in [2.45, 2.75) is 19.3 Å². The first-order valence-corrected chi connectivity index (χ1v) is 21.8. The van der Waals surface area contributed by atoms with Gasteiger partial charge in [0.25, 0.3) is 0 Å². The van der Waals surface area contributed by atoms with E-state index in [4.69, 9.17) is 15.0 Å². The molecule has 0 saturated carbocycles. The highest BCUT2D eigenvalue weighted by atomic mass is 32.1. The van der Waals surface area contributed by atoms with Crippen LogP contribution in [0.5, 0.6) is 0 Å². The van der Waals surface area contributed by atoms with E-state index < -0.39 is 0 Å². The molecule has 11 aromatic rings. The Morgan fingerprint density at radius 1 is 0.403 bits per heavy atom. The van der Waals surface area contributed by atoms with E-state index in [1.165, 1.54) is 48.0 Å². The average molecular weight is 811 g/mol. The van der Waals surface area contributed by atoms with Gasteiger partial charge < -0.3 is 0 Å². The number of hydrogen-bond donors (Lipinski definition) is 0. The molecule has 12 rings (SSSR count). The molecule has 3 aromatic heterocycles. The Morgan fingerprint density at radius 3 is 1.92 bits per heavy atom. The van der Waals surface area contributed by atoms with Crippen LogP contribution in [0.25, 0.3) is 110 Å². The molecule has 0 saturated heterocycles. The Morgan fingerprint density at radius 2 is 1.03 bits per heavy atom. The predicted octanol–water partition coefficient (Wildman–Crippen LogP) is 15.1. The lowest BCUT2D eigenvalue weighted by Gasteiger charge is -2.21. The summed E-state index contributed by atoms with van der Waals surface area (Å²) in [5.41, 5.74) is 15.5. The smallest absolute Gasteiger partial charge is 0.164 e. The van der Waals surface area contributed by atoms with Crippen molar-refractivity contribution in [1.29, 1.82) is 0 Å². The van der Waals surface area contributed by atoms with Gasteiger partial charge in [-0.2, -0.15) is 0 Å². The van der Waals surface area contributed by atoms with Gasteiger partial charge in [-0.05, 0) is 104 Å². The van der Waals surface area contributed by atoms with Gasteiger partial charge in [0.15, 0.2) is 17.5 Å². The molecule has 1 aliphatic rings. The number of pyridine rings is 1. The van der Waals surface area contributed by atoms with E-state index >= 15 is 0 Å². The maximum Gasteiger partial charge on any atom is 0.164 e. The van der Waals surface area contributed by atoms with Gasteiger partial charge in [-0.15, -0.1) is 11.3 Å². The van der Waals surface area contributed by atoms with Gasteiger partial charge >= 0.3 is 0 Å². The van der Waals surface area contributed by atoms with Gasteiger partial charge in [0, 0.05) is 53.9 Å². The Labute approximate surface area is 363 Å². The van der Waals surface area contributed by atoms with Crippen molar-refractivity contribution < 1.29 is 0 Å². The summed E-state index contributed by atoms with van der Waals surface area (Å²) in [6.45, 7) is 4.63. The number of hydrogen-bond acceptors (Lipinski definition) is 5. The van der Waals surface area contributed by atoms with Crippen LogP contribution in [0.1, 0.15) is 25.0 Å². The second-order valence-corrected chi connectivity index (χ2v) is 17.7. The van der Waals surface area contributed by atoms with Crippen LogP contribution in [0, 0.1) is 0 Å². The van der Waals surface area contributed by atoms with Crippen LogP contribution < -0.4 is 0 Å². The number of aromatic nitrogens is 4. The molecule has 0 N–H and O–H groups in total. The Balaban J connectivity index is 1.08. The Bertz CT molecular complexity index is 3550. The lowest BCUT2D eigenvalue weighted by atomic mass is 9.82. The van der Waals surface area contributed by atoms with Crippen LogP contribution in [0.15, 0.2) is 194 Å². The SMILES string of the molecule is CC1(C)c2ccccc2-c2c(-c3nc(-c4ccc(-c5ccc6ncccc6c5)cc4)nc(-c4cc(-c5ccccc5)cc(-c5cccc6sc7ccccc7c56)c4)n3)cccc21. The summed E-state index contributed by atoms with van der Waals surface area (Å²) >= 11 is 1.84. The molecule has 0 amide bonds. The maximum absolute atomic E-state index is 5.44. The van der Waals surface area contributed by atoms with Gasteiger partial charge in [-0.25, -0.2) is 15.0 Å². The lowest BCUT2D eigenvalue weighted by molar-refractivity contribution is 0.660. The van der Waals surface area contributed by atoms with E-state index in [0.29, 0.717) is 17.5 Å². The summed E-state index contributed by atoms with van der Waals surface area (Å²) in [6, 6.07) is 67.2. The van der Waals surface area contributed by atoms with Crippen molar-refractivity contribution in [1.82, 2.24) is 19.9 Å². The molecule has 292 valence electrons. The van der Waals surface area contributed by atoms with Gasteiger partial charge in [0.2, 0.25) is 0 Å². The highest BCUT2D eigenvalue weighted by molar-refractivity contribution is 7.25. The molecule has 0 spiro atoms. The van der Waals surface area contributed by atoms with Crippen LogP contribution in [-0.2, 0) is 5.41 Å². The average Bonchev–Trinajstić information content (AvgIpc) is 3.83. The van der Waals surface area contributed by atoms with E-state index in [0.717, 1.165) is 55.4 Å². The standard InChI is InChI=1S/C57H38N4S/c1-57(2)47-20-8-6-16-44(47)52-46(19-10-21-48(52)57)56-60-54(37-26-24-36(25-27-37)38-28-29-49-39(31-38)15-12-30-58-49)59-55(61-56)42-33-40(35-13-4-3-5-14-35)32-41(34-42)43-18-11-23-51-53(43)45-17-7-9-22-50(45)62-51/h3-34H,1-2H3. The summed E-state index contributed by atoms with van der Waals surface area (Å²) in [6.07, 6.45) is 1.84. The molecule has 4 nitrogen and oxygen atoms in total. The quantitative estimate of drug-likeness (QED) is 0.168. The molecule has 1 aliphatic carbocycles. The van der Waals surface area contributed by atoms with Gasteiger partial charge in [-0.1, -0.05) is 153 Å². The summed E-state index contributed by atoms with van der Waals surface area (Å²) in [7, 11) is 0. The van der Waals surface area contributed by atoms with E-state index in [1.54, 1.807) is 0 Å². The summed E-state index contributed by atoms with van der Waals surface area (Å²) in [4.78, 5) is 20.7. The van der Waals surface area contributed by atoms with Gasteiger partial charge in [-0.3, -0.25) is 4.98 Å². The topological polar surface area (TPSA) is 51.6 Å². The van der Waals surface area contributed by atoms with Crippen LogP contribution in [0.3, 0.4) is 0 Å². The third-order valence-corrected chi connectivity index (χ3v) is 13.7. The van der Waals surface area contributed by atoms with Crippen LogP contribution in [0.2, 0.25) is 0 Å². The molecule has 3 heterocycles. The first-order chi connectivity index (χ1) is 30.5. The Kier molecular flexibility index (Phi) is 8.34. The van der Waals surface area contributed by atoms with E-state index in [-0.39, 0.29) is 5.41 Å². The van der Waals surface area contributed by atoms with Crippen molar-refractivity contribution in [2.75, 3.05) is 0 Å². The second-order valence-electron chi connectivity index (χ2n) is 16.6. The zero-order chi connectivity index (χ0) is 41.4. The first kappa shape index (κ1) is 36.3. The summed E-state index contributed by atoms with van der Waals surface area (Å²) in [5.74, 6) is 1.90. The fourth-order valence-corrected chi connectivity index (χ4v) is 10.6. The molecular formula is C57H38N4S. The number of fused-ring (bicyclic) bond motifs is 7. The van der Waals surface area contributed by atoms with Crippen LogP contribution in [0.4, 0.5) is 0 Å². The molecule has 0 bridgehead atoms. The van der Waals surface area contributed by atoms with E-state index in [2.05, 4.69) is 201 Å². The fraction of sp³-hybridized carbons (Fsp3) is 0.0526. The number of thiophene rings is 1. The molecule has 0 aliphatic heterocycles. The van der Waals surface area contributed by atoms with Crippen molar-refractivity contribution in [3.63, 3.8) is 0 Å². The number of nitrogens with zero attached hydrogens (tertiary/aromatic N) is 4. The van der Waals surface area contributed by atoms with E-state index in [1.807, 2.05) is 23.6 Å². The van der Waals surface area contributed by atoms with Crippen molar-refractivity contribution >= 4 is 42.4 Å². The van der Waals surface area contributed by atoms with Crippen LogP contribution >= 0.6 is 11.3 Å². The van der Waals surface area contributed by atoms with E-state index in [9.17, 15) is 0 Å².